The number of nitrogens with two attached hydrogens (primary N) is 1. The molecule has 20 heavy (non-hydrogen) atoms. The molecule has 0 radical (unpaired) electrons. The van der Waals surface area contributed by atoms with E-state index in [-0.39, 0.29) is 17.6 Å². The van der Waals surface area contributed by atoms with E-state index in [0.717, 1.165) is 37.8 Å². The minimum atomic E-state index is -4.44. The minimum Gasteiger partial charge on any atom is -0.380 e. The van der Waals surface area contributed by atoms with Crippen LogP contribution in [0.2, 0.25) is 0 Å². The molecule has 0 heterocycles. The van der Waals surface area contributed by atoms with Crippen molar-refractivity contribution < 1.29 is 13.2 Å². The van der Waals surface area contributed by atoms with Crippen LogP contribution in [0, 0.1) is 11.3 Å². The lowest BCUT2D eigenvalue weighted by Gasteiger charge is -2.30. The largest absolute Gasteiger partial charge is 0.416 e. The topological polar surface area (TPSA) is 61.8 Å². The maximum atomic E-state index is 12.6. The van der Waals surface area contributed by atoms with E-state index in [1.807, 2.05) is 6.07 Å². The van der Waals surface area contributed by atoms with Crippen LogP contribution in [-0.4, -0.2) is 12.1 Å². The number of alkyl halides is 3. The van der Waals surface area contributed by atoms with Crippen LogP contribution < -0.4 is 11.1 Å². The zero-order chi connectivity index (χ0) is 14.8. The van der Waals surface area contributed by atoms with E-state index in [9.17, 15) is 13.2 Å². The van der Waals surface area contributed by atoms with Crippen molar-refractivity contribution in [3.8, 4) is 6.07 Å². The van der Waals surface area contributed by atoms with Gasteiger partial charge in [-0.3, -0.25) is 0 Å². The maximum Gasteiger partial charge on any atom is 0.416 e. The van der Waals surface area contributed by atoms with Gasteiger partial charge >= 0.3 is 6.18 Å². The second-order valence-electron chi connectivity index (χ2n) is 5.07. The first-order valence-electron chi connectivity index (χ1n) is 6.55. The van der Waals surface area contributed by atoms with E-state index in [2.05, 4.69) is 5.32 Å². The summed E-state index contributed by atoms with van der Waals surface area (Å²) < 4.78 is 37.8. The normalized spacial score (nSPS) is 23.1. The lowest BCUT2D eigenvalue weighted by molar-refractivity contribution is -0.137. The summed E-state index contributed by atoms with van der Waals surface area (Å²) in [6.45, 7) is 0. The number of halogens is 3. The summed E-state index contributed by atoms with van der Waals surface area (Å²) in [5, 5.41) is 12.1. The van der Waals surface area contributed by atoms with Crippen LogP contribution in [-0.2, 0) is 6.18 Å². The molecule has 1 aromatic carbocycles. The first-order chi connectivity index (χ1) is 9.41. The fourth-order valence-corrected chi connectivity index (χ4v) is 2.48. The molecular formula is C14H16F3N3. The molecule has 0 bridgehead atoms. The molecule has 1 aliphatic carbocycles. The van der Waals surface area contributed by atoms with Crippen LogP contribution in [0.4, 0.5) is 18.9 Å². The van der Waals surface area contributed by atoms with Crippen molar-refractivity contribution >= 4 is 5.69 Å². The highest BCUT2D eigenvalue weighted by molar-refractivity contribution is 5.59. The molecule has 0 amide bonds. The van der Waals surface area contributed by atoms with Crippen molar-refractivity contribution in [1.82, 2.24) is 0 Å². The molecule has 2 rings (SSSR count). The Hall–Kier alpha value is -1.74. The van der Waals surface area contributed by atoms with E-state index in [4.69, 9.17) is 11.0 Å². The van der Waals surface area contributed by atoms with Crippen molar-refractivity contribution in [3.05, 3.63) is 29.3 Å². The lowest BCUT2D eigenvalue weighted by Crippen LogP contribution is -2.42. The third-order valence-corrected chi connectivity index (χ3v) is 3.63. The Labute approximate surface area is 115 Å². The van der Waals surface area contributed by atoms with Crippen LogP contribution in [0.15, 0.2) is 18.2 Å². The van der Waals surface area contributed by atoms with Crippen molar-refractivity contribution in [2.45, 2.75) is 43.9 Å². The zero-order valence-electron chi connectivity index (χ0n) is 10.9. The SMILES string of the molecule is N#Cc1cc(C(F)(F)F)ccc1NC1CCCCC1N. The van der Waals surface area contributed by atoms with Gasteiger partial charge in [-0.25, -0.2) is 0 Å². The third-order valence-electron chi connectivity index (χ3n) is 3.63. The van der Waals surface area contributed by atoms with Gasteiger partial charge in [0.2, 0.25) is 0 Å². The quantitative estimate of drug-likeness (QED) is 0.875. The Bertz CT molecular complexity index is 519. The van der Waals surface area contributed by atoms with Crippen LogP contribution >= 0.6 is 0 Å². The van der Waals surface area contributed by atoms with Crippen LogP contribution in [0.5, 0.6) is 0 Å². The molecule has 0 spiro atoms. The Kier molecular flexibility index (Phi) is 4.19. The van der Waals surface area contributed by atoms with Gasteiger partial charge in [-0.15, -0.1) is 0 Å². The van der Waals surface area contributed by atoms with Gasteiger partial charge in [-0.2, -0.15) is 18.4 Å². The number of benzene rings is 1. The summed E-state index contributed by atoms with van der Waals surface area (Å²) in [6, 6.07) is 4.95. The van der Waals surface area contributed by atoms with Crippen LogP contribution in [0.25, 0.3) is 0 Å². The van der Waals surface area contributed by atoms with Gasteiger partial charge in [0.25, 0.3) is 0 Å². The molecule has 1 saturated carbocycles. The molecule has 0 saturated heterocycles. The average molecular weight is 283 g/mol. The predicted molar refractivity (Wildman–Crippen MR) is 70.0 cm³/mol. The van der Waals surface area contributed by atoms with Gasteiger partial charge < -0.3 is 11.1 Å². The molecule has 0 aromatic heterocycles. The summed E-state index contributed by atoms with van der Waals surface area (Å²) in [6.07, 6.45) is -0.579. The molecule has 3 nitrogen and oxygen atoms in total. The maximum absolute atomic E-state index is 12.6. The van der Waals surface area contributed by atoms with Crippen LogP contribution in [0.1, 0.15) is 36.8 Å². The van der Waals surface area contributed by atoms with Crippen molar-refractivity contribution in [3.63, 3.8) is 0 Å². The van der Waals surface area contributed by atoms with E-state index >= 15 is 0 Å². The molecular weight excluding hydrogens is 267 g/mol. The molecule has 0 aliphatic heterocycles. The fourth-order valence-electron chi connectivity index (χ4n) is 2.48. The van der Waals surface area contributed by atoms with E-state index in [1.54, 1.807) is 0 Å². The molecule has 108 valence electrons. The lowest BCUT2D eigenvalue weighted by atomic mass is 9.90. The summed E-state index contributed by atoms with van der Waals surface area (Å²) in [7, 11) is 0. The van der Waals surface area contributed by atoms with Crippen LogP contribution in [0.3, 0.4) is 0 Å². The molecule has 3 N–H and O–H groups in total. The van der Waals surface area contributed by atoms with E-state index in [0.29, 0.717) is 5.69 Å². The highest BCUT2D eigenvalue weighted by atomic mass is 19.4. The number of rotatable bonds is 2. The second kappa shape index (κ2) is 5.71. The number of anilines is 1. The average Bonchev–Trinajstić information content (AvgIpc) is 2.40. The van der Waals surface area contributed by atoms with Gasteiger partial charge in [0.1, 0.15) is 6.07 Å². The second-order valence-corrected chi connectivity index (χ2v) is 5.07. The number of nitrogens with zero attached hydrogens (tertiary/aromatic N) is 1. The Morgan fingerprint density at radius 3 is 2.55 bits per heavy atom. The van der Waals surface area contributed by atoms with Gasteiger partial charge in [0.05, 0.1) is 16.8 Å². The number of hydrogen-bond donors (Lipinski definition) is 2. The van der Waals surface area contributed by atoms with E-state index in [1.165, 1.54) is 6.07 Å². The van der Waals surface area contributed by atoms with E-state index < -0.39 is 11.7 Å². The highest BCUT2D eigenvalue weighted by Crippen LogP contribution is 2.32. The summed E-state index contributed by atoms with van der Waals surface area (Å²) >= 11 is 0. The van der Waals surface area contributed by atoms with Gasteiger partial charge in [-0.05, 0) is 31.0 Å². The Morgan fingerprint density at radius 2 is 1.95 bits per heavy atom. The first kappa shape index (κ1) is 14.7. The standard InChI is InChI=1S/C14H16F3N3/c15-14(16,17)10-5-6-12(9(7-10)8-18)20-13-4-2-1-3-11(13)19/h5-7,11,13,20H,1-4,19H2. The summed E-state index contributed by atoms with van der Waals surface area (Å²) in [5.74, 6) is 0. The van der Waals surface area contributed by atoms with Crippen molar-refractivity contribution in [2.24, 2.45) is 5.73 Å². The smallest absolute Gasteiger partial charge is 0.380 e. The number of hydrogen-bond acceptors (Lipinski definition) is 3. The molecule has 1 aliphatic rings. The van der Waals surface area contributed by atoms with Crippen molar-refractivity contribution in [1.29, 1.82) is 5.26 Å². The molecule has 2 atom stereocenters. The monoisotopic (exact) mass is 283 g/mol. The fraction of sp³-hybridized carbons (Fsp3) is 0.500. The Morgan fingerprint density at radius 1 is 1.25 bits per heavy atom. The molecule has 2 unspecified atom stereocenters. The van der Waals surface area contributed by atoms with Gasteiger partial charge in [0.15, 0.2) is 0 Å². The highest BCUT2D eigenvalue weighted by Gasteiger charge is 2.31. The minimum absolute atomic E-state index is 0.00222. The van der Waals surface area contributed by atoms with Gasteiger partial charge in [-0.1, -0.05) is 12.8 Å². The predicted octanol–water partition coefficient (Wildman–Crippen LogP) is 3.26. The Balaban J connectivity index is 2.22. The number of nitrogens with one attached hydrogen (secondary N) is 1. The first-order valence-corrected chi connectivity index (χ1v) is 6.55. The summed E-state index contributed by atoms with van der Waals surface area (Å²) in [4.78, 5) is 0. The molecule has 6 heteroatoms. The summed E-state index contributed by atoms with van der Waals surface area (Å²) in [5.41, 5.74) is 5.60. The molecule has 1 aromatic rings. The third kappa shape index (κ3) is 3.23. The molecule has 1 fully saturated rings. The van der Waals surface area contributed by atoms with Gasteiger partial charge in [0, 0.05) is 12.1 Å². The number of nitriles is 1. The zero-order valence-corrected chi connectivity index (χ0v) is 10.9. The van der Waals surface area contributed by atoms with Crippen molar-refractivity contribution in [2.75, 3.05) is 5.32 Å².